The molecule has 0 atom stereocenters. The van der Waals surface area contributed by atoms with Gasteiger partial charge >= 0.3 is 0 Å². The lowest BCUT2D eigenvalue weighted by atomic mass is 10.2. The zero-order chi connectivity index (χ0) is 14.4. The van der Waals surface area contributed by atoms with E-state index < -0.39 is 0 Å². The van der Waals surface area contributed by atoms with Crippen LogP contribution in [0.3, 0.4) is 0 Å². The van der Waals surface area contributed by atoms with Gasteiger partial charge in [0.1, 0.15) is 5.82 Å². The largest absolute Gasteiger partial charge is 0.352 e. The molecule has 0 saturated heterocycles. The molecule has 2 aromatic heterocycles. The first-order valence-corrected chi connectivity index (χ1v) is 6.72. The first kappa shape index (κ1) is 14.2. The molecule has 1 N–H and O–H groups in total. The van der Waals surface area contributed by atoms with Crippen molar-refractivity contribution in [3.63, 3.8) is 0 Å². The van der Waals surface area contributed by atoms with E-state index in [9.17, 15) is 4.79 Å². The zero-order valence-electron chi connectivity index (χ0n) is 11.8. The number of carbonyl (C=O) groups is 1. The standard InChI is InChI=1S/C14H19N5O/c1-11(2)13-17-8-12(9-18-13)14(20)16-4-3-6-19-7-5-15-10-19/h5,7-11H,3-4,6H2,1-2H3,(H,16,20). The summed E-state index contributed by atoms with van der Waals surface area (Å²) >= 11 is 0. The number of hydrogen-bond donors (Lipinski definition) is 1. The summed E-state index contributed by atoms with van der Waals surface area (Å²) in [6.45, 7) is 5.49. The molecule has 2 heterocycles. The van der Waals surface area contributed by atoms with Gasteiger partial charge in [0, 0.05) is 43.8 Å². The van der Waals surface area contributed by atoms with Crippen molar-refractivity contribution in [2.24, 2.45) is 0 Å². The summed E-state index contributed by atoms with van der Waals surface area (Å²) in [5.74, 6) is 0.884. The van der Waals surface area contributed by atoms with Gasteiger partial charge in [0.05, 0.1) is 11.9 Å². The third-order valence-corrected chi connectivity index (χ3v) is 2.89. The molecule has 0 unspecified atom stereocenters. The van der Waals surface area contributed by atoms with Crippen LogP contribution in [0.5, 0.6) is 0 Å². The van der Waals surface area contributed by atoms with E-state index in [0.29, 0.717) is 12.1 Å². The second kappa shape index (κ2) is 6.79. The zero-order valence-corrected chi connectivity index (χ0v) is 11.8. The van der Waals surface area contributed by atoms with Crippen LogP contribution in [-0.2, 0) is 6.54 Å². The van der Waals surface area contributed by atoms with Crippen molar-refractivity contribution in [1.29, 1.82) is 0 Å². The molecule has 1 amide bonds. The van der Waals surface area contributed by atoms with E-state index >= 15 is 0 Å². The van der Waals surface area contributed by atoms with Crippen LogP contribution in [0.2, 0.25) is 0 Å². The van der Waals surface area contributed by atoms with Gasteiger partial charge < -0.3 is 9.88 Å². The molecule has 0 aliphatic rings. The average molecular weight is 273 g/mol. The van der Waals surface area contributed by atoms with Gasteiger partial charge in [0.2, 0.25) is 0 Å². The minimum atomic E-state index is -0.133. The van der Waals surface area contributed by atoms with Gasteiger partial charge in [-0.1, -0.05) is 13.8 Å². The molecule has 0 bridgehead atoms. The van der Waals surface area contributed by atoms with E-state index in [2.05, 4.69) is 20.3 Å². The number of rotatable bonds is 6. The molecule has 0 aliphatic carbocycles. The van der Waals surface area contributed by atoms with E-state index in [4.69, 9.17) is 0 Å². The molecule has 2 rings (SSSR count). The van der Waals surface area contributed by atoms with Crippen LogP contribution in [0, 0.1) is 0 Å². The second-order valence-electron chi connectivity index (χ2n) is 4.89. The van der Waals surface area contributed by atoms with Crippen molar-refractivity contribution >= 4 is 5.91 Å². The number of hydrogen-bond acceptors (Lipinski definition) is 4. The highest BCUT2D eigenvalue weighted by Crippen LogP contribution is 2.07. The van der Waals surface area contributed by atoms with Gasteiger partial charge in [-0.05, 0) is 6.42 Å². The highest BCUT2D eigenvalue weighted by atomic mass is 16.1. The minimum Gasteiger partial charge on any atom is -0.352 e. The van der Waals surface area contributed by atoms with Crippen LogP contribution in [-0.4, -0.2) is 32.0 Å². The van der Waals surface area contributed by atoms with Crippen molar-refractivity contribution in [3.8, 4) is 0 Å². The molecule has 0 radical (unpaired) electrons. The van der Waals surface area contributed by atoms with Crippen molar-refractivity contribution in [2.45, 2.75) is 32.7 Å². The Morgan fingerprint density at radius 2 is 2.10 bits per heavy atom. The molecule has 0 aliphatic heterocycles. The summed E-state index contributed by atoms with van der Waals surface area (Å²) in [5, 5.41) is 2.86. The summed E-state index contributed by atoms with van der Waals surface area (Å²) in [5.41, 5.74) is 0.497. The summed E-state index contributed by atoms with van der Waals surface area (Å²) in [7, 11) is 0. The average Bonchev–Trinajstić information content (AvgIpc) is 2.96. The van der Waals surface area contributed by atoms with Crippen LogP contribution in [0.4, 0.5) is 0 Å². The number of aryl methyl sites for hydroxylation is 1. The Morgan fingerprint density at radius 1 is 1.35 bits per heavy atom. The van der Waals surface area contributed by atoms with Crippen molar-refractivity contribution in [3.05, 3.63) is 42.5 Å². The monoisotopic (exact) mass is 273 g/mol. The Bertz CT molecular complexity index is 533. The molecular formula is C14H19N5O. The molecule has 20 heavy (non-hydrogen) atoms. The fraction of sp³-hybridized carbons (Fsp3) is 0.429. The topological polar surface area (TPSA) is 72.7 Å². The lowest BCUT2D eigenvalue weighted by molar-refractivity contribution is 0.0952. The minimum absolute atomic E-state index is 0.133. The Labute approximate surface area is 118 Å². The lowest BCUT2D eigenvalue weighted by Crippen LogP contribution is -2.25. The molecular weight excluding hydrogens is 254 g/mol. The maximum atomic E-state index is 11.9. The second-order valence-corrected chi connectivity index (χ2v) is 4.89. The molecule has 0 aromatic carbocycles. The first-order valence-electron chi connectivity index (χ1n) is 6.72. The third-order valence-electron chi connectivity index (χ3n) is 2.89. The normalized spacial score (nSPS) is 10.8. The van der Waals surface area contributed by atoms with Gasteiger partial charge in [0.25, 0.3) is 5.91 Å². The maximum absolute atomic E-state index is 11.9. The molecule has 106 valence electrons. The highest BCUT2D eigenvalue weighted by molar-refractivity contribution is 5.93. The van der Waals surface area contributed by atoms with Crippen molar-refractivity contribution in [2.75, 3.05) is 6.54 Å². The number of amides is 1. The van der Waals surface area contributed by atoms with Gasteiger partial charge in [-0.2, -0.15) is 0 Å². The van der Waals surface area contributed by atoms with E-state index in [0.717, 1.165) is 18.8 Å². The molecule has 0 spiro atoms. The highest BCUT2D eigenvalue weighted by Gasteiger charge is 2.08. The van der Waals surface area contributed by atoms with Crippen LogP contribution >= 0.6 is 0 Å². The van der Waals surface area contributed by atoms with Crippen LogP contribution in [0.15, 0.2) is 31.1 Å². The molecule has 0 saturated carbocycles. The fourth-order valence-corrected chi connectivity index (χ4v) is 1.74. The number of nitrogens with one attached hydrogen (secondary N) is 1. The smallest absolute Gasteiger partial charge is 0.254 e. The van der Waals surface area contributed by atoms with Crippen LogP contribution in [0.1, 0.15) is 42.4 Å². The number of aromatic nitrogens is 4. The molecule has 0 fully saturated rings. The Hall–Kier alpha value is -2.24. The van der Waals surface area contributed by atoms with Gasteiger partial charge in [-0.15, -0.1) is 0 Å². The number of nitrogens with zero attached hydrogens (tertiary/aromatic N) is 4. The van der Waals surface area contributed by atoms with E-state index in [1.54, 1.807) is 24.9 Å². The lowest BCUT2D eigenvalue weighted by Gasteiger charge is -2.07. The fourth-order valence-electron chi connectivity index (χ4n) is 1.74. The molecule has 2 aromatic rings. The summed E-state index contributed by atoms with van der Waals surface area (Å²) in [4.78, 5) is 24.2. The summed E-state index contributed by atoms with van der Waals surface area (Å²) in [6, 6.07) is 0. The predicted octanol–water partition coefficient (Wildman–Crippen LogP) is 1.62. The van der Waals surface area contributed by atoms with Crippen molar-refractivity contribution < 1.29 is 4.79 Å². The Balaban J connectivity index is 1.76. The number of carbonyl (C=O) groups excluding carboxylic acids is 1. The summed E-state index contributed by atoms with van der Waals surface area (Å²) in [6.07, 6.45) is 9.42. The number of imidazole rings is 1. The SMILES string of the molecule is CC(C)c1ncc(C(=O)NCCCn2ccnc2)cn1. The molecule has 6 nitrogen and oxygen atoms in total. The third kappa shape index (κ3) is 3.88. The summed E-state index contributed by atoms with van der Waals surface area (Å²) < 4.78 is 1.98. The quantitative estimate of drug-likeness (QED) is 0.812. The van der Waals surface area contributed by atoms with Crippen molar-refractivity contribution in [1.82, 2.24) is 24.8 Å². The van der Waals surface area contributed by atoms with Crippen LogP contribution < -0.4 is 5.32 Å². The predicted molar refractivity (Wildman–Crippen MR) is 75.3 cm³/mol. The van der Waals surface area contributed by atoms with Gasteiger partial charge in [-0.25, -0.2) is 15.0 Å². The maximum Gasteiger partial charge on any atom is 0.254 e. The Kier molecular flexibility index (Phi) is 4.81. The van der Waals surface area contributed by atoms with Gasteiger partial charge in [-0.3, -0.25) is 4.79 Å². The first-order chi connectivity index (χ1) is 9.66. The van der Waals surface area contributed by atoms with E-state index in [1.807, 2.05) is 24.6 Å². The van der Waals surface area contributed by atoms with Gasteiger partial charge in [0.15, 0.2) is 0 Å². The Morgan fingerprint density at radius 3 is 2.70 bits per heavy atom. The van der Waals surface area contributed by atoms with E-state index in [-0.39, 0.29) is 11.8 Å². The van der Waals surface area contributed by atoms with Crippen LogP contribution in [0.25, 0.3) is 0 Å². The van der Waals surface area contributed by atoms with E-state index in [1.165, 1.54) is 0 Å². The molecule has 6 heteroatoms.